The lowest BCUT2D eigenvalue weighted by molar-refractivity contribution is -0.384. The van der Waals surface area contributed by atoms with Crippen molar-refractivity contribution >= 4 is 40.3 Å². The maximum atomic E-state index is 13.7. The lowest BCUT2D eigenvalue weighted by Crippen LogP contribution is -2.22. The molecule has 1 amide bonds. The highest BCUT2D eigenvalue weighted by Gasteiger charge is 2.31. The molecule has 0 radical (unpaired) electrons. The van der Waals surface area contributed by atoms with Crippen LogP contribution in [-0.4, -0.2) is 30.5 Å². The van der Waals surface area contributed by atoms with Crippen molar-refractivity contribution in [3.8, 4) is 0 Å². The van der Waals surface area contributed by atoms with E-state index in [1.54, 1.807) is 36.6 Å². The van der Waals surface area contributed by atoms with Crippen molar-refractivity contribution in [1.82, 2.24) is 0 Å². The summed E-state index contributed by atoms with van der Waals surface area (Å²) in [5.41, 5.74) is 3.12. The number of nitro benzene ring substituents is 1. The Morgan fingerprint density at radius 2 is 1.89 bits per heavy atom. The highest BCUT2D eigenvalue weighted by atomic mass is 16.6. The molecule has 2 heterocycles. The zero-order valence-corrected chi connectivity index (χ0v) is 20.5. The van der Waals surface area contributed by atoms with Crippen LogP contribution >= 0.6 is 0 Å². The third-order valence-electron chi connectivity index (χ3n) is 6.34. The number of methoxy groups -OCH3 is 1. The number of hydrogen-bond donors (Lipinski definition) is 2. The molecule has 2 N–H and O–H groups in total. The number of anilines is 4. The minimum atomic E-state index is -0.567. The zero-order chi connectivity index (χ0) is 26.6. The van der Waals surface area contributed by atoms with Crippen LogP contribution in [0.25, 0.3) is 0 Å². The van der Waals surface area contributed by atoms with Crippen molar-refractivity contribution in [3.05, 3.63) is 112 Å². The second-order valence-corrected chi connectivity index (χ2v) is 8.60. The molecule has 192 valence electrons. The fourth-order valence-electron chi connectivity index (χ4n) is 4.55. The van der Waals surface area contributed by atoms with Crippen LogP contribution in [-0.2, 0) is 17.7 Å². The number of nitrogens with one attached hydrogen (secondary N) is 2. The largest absolute Gasteiger partial charge is 0.467 e. The first kappa shape index (κ1) is 24.6. The first-order valence-electron chi connectivity index (χ1n) is 11.9. The summed E-state index contributed by atoms with van der Waals surface area (Å²) in [6, 6.07) is 20.4. The van der Waals surface area contributed by atoms with Crippen molar-refractivity contribution < 1.29 is 23.7 Å². The molecule has 0 atom stereocenters. The molecule has 10 heteroatoms. The van der Waals surface area contributed by atoms with Gasteiger partial charge < -0.3 is 24.7 Å². The van der Waals surface area contributed by atoms with Crippen molar-refractivity contribution in [2.24, 2.45) is 0 Å². The van der Waals surface area contributed by atoms with Gasteiger partial charge in [0.2, 0.25) is 0 Å². The number of para-hydroxylation sites is 2. The Labute approximate surface area is 218 Å². The number of furan rings is 1. The number of nitrogens with zero attached hydrogens (tertiary/aromatic N) is 2. The molecule has 0 spiro atoms. The van der Waals surface area contributed by atoms with Crippen LogP contribution in [0.1, 0.15) is 32.0 Å². The van der Waals surface area contributed by atoms with Crippen LogP contribution in [0.3, 0.4) is 0 Å². The summed E-state index contributed by atoms with van der Waals surface area (Å²) in [6.45, 7) is 0.832. The average Bonchev–Trinajstić information content (AvgIpc) is 3.61. The van der Waals surface area contributed by atoms with Crippen LogP contribution in [0.15, 0.2) is 83.5 Å². The molecule has 1 aliphatic heterocycles. The number of esters is 1. The molecule has 0 unspecified atom stereocenters. The fourth-order valence-corrected chi connectivity index (χ4v) is 4.55. The summed E-state index contributed by atoms with van der Waals surface area (Å²) in [5.74, 6) is -0.452. The zero-order valence-electron chi connectivity index (χ0n) is 20.5. The van der Waals surface area contributed by atoms with Crippen molar-refractivity contribution in [2.75, 3.05) is 29.2 Å². The second kappa shape index (κ2) is 10.5. The average molecular weight is 513 g/mol. The van der Waals surface area contributed by atoms with Gasteiger partial charge in [-0.25, -0.2) is 4.79 Å². The molecule has 0 saturated carbocycles. The Morgan fingerprint density at radius 1 is 1.05 bits per heavy atom. The summed E-state index contributed by atoms with van der Waals surface area (Å²) in [5, 5.41) is 18.0. The number of rotatable bonds is 8. The summed E-state index contributed by atoms with van der Waals surface area (Å²) < 4.78 is 10.2. The Bertz CT molecular complexity index is 1520. The highest BCUT2D eigenvalue weighted by Crippen LogP contribution is 2.41. The quantitative estimate of drug-likeness (QED) is 0.179. The third kappa shape index (κ3) is 4.79. The summed E-state index contributed by atoms with van der Waals surface area (Å²) >= 11 is 0. The Kier molecular flexibility index (Phi) is 6.77. The molecule has 1 aliphatic rings. The monoisotopic (exact) mass is 512 g/mol. The second-order valence-electron chi connectivity index (χ2n) is 8.60. The first-order chi connectivity index (χ1) is 18.5. The van der Waals surface area contributed by atoms with Gasteiger partial charge in [0, 0.05) is 18.3 Å². The van der Waals surface area contributed by atoms with E-state index in [1.807, 2.05) is 29.2 Å². The van der Waals surface area contributed by atoms with Gasteiger partial charge in [-0.05, 0) is 54.4 Å². The summed E-state index contributed by atoms with van der Waals surface area (Å²) in [6.07, 6.45) is 2.26. The minimum Gasteiger partial charge on any atom is -0.467 e. The standard InChI is InChI=1S/C28H24N4O6/c1-37-28(34)19-11-12-22(29-17-20-7-5-15-38-20)23(16-19)30-27(33)21-8-4-10-25(32(35)36)26(21)31-14-13-18-6-2-3-9-24(18)31/h2-12,15-16,29H,13-14,17H2,1H3,(H,30,33). The van der Waals surface area contributed by atoms with E-state index in [-0.39, 0.29) is 22.5 Å². The van der Waals surface area contributed by atoms with Crippen LogP contribution in [0.4, 0.5) is 28.4 Å². The van der Waals surface area contributed by atoms with Gasteiger partial charge in [0.1, 0.15) is 11.4 Å². The molecule has 38 heavy (non-hydrogen) atoms. The van der Waals surface area contributed by atoms with Crippen LogP contribution in [0.5, 0.6) is 0 Å². The number of carbonyl (C=O) groups is 2. The highest BCUT2D eigenvalue weighted by molar-refractivity contribution is 6.11. The number of nitro groups is 1. The van der Waals surface area contributed by atoms with Crippen LogP contribution < -0.4 is 15.5 Å². The minimum absolute atomic E-state index is 0.136. The summed E-state index contributed by atoms with van der Waals surface area (Å²) in [4.78, 5) is 39.2. The summed E-state index contributed by atoms with van der Waals surface area (Å²) in [7, 11) is 1.27. The van der Waals surface area contributed by atoms with Gasteiger partial charge in [0.25, 0.3) is 11.6 Å². The number of ether oxygens (including phenoxy) is 1. The van der Waals surface area contributed by atoms with Crippen LogP contribution in [0.2, 0.25) is 0 Å². The smallest absolute Gasteiger partial charge is 0.337 e. The molecule has 5 rings (SSSR count). The molecular formula is C28H24N4O6. The Hall–Kier alpha value is -5.12. The van der Waals surface area contributed by atoms with Gasteiger partial charge in [0.05, 0.1) is 47.3 Å². The van der Waals surface area contributed by atoms with Crippen molar-refractivity contribution in [1.29, 1.82) is 0 Å². The van der Waals surface area contributed by atoms with E-state index in [9.17, 15) is 19.7 Å². The molecule has 3 aromatic carbocycles. The molecule has 0 fully saturated rings. The van der Waals surface area contributed by atoms with E-state index in [1.165, 1.54) is 25.3 Å². The van der Waals surface area contributed by atoms with Gasteiger partial charge in [-0.2, -0.15) is 0 Å². The normalized spacial score (nSPS) is 12.1. The number of amides is 1. The van der Waals surface area contributed by atoms with Gasteiger partial charge in [-0.3, -0.25) is 14.9 Å². The van der Waals surface area contributed by atoms with E-state index < -0.39 is 16.8 Å². The molecule has 4 aromatic rings. The number of hydrogen-bond acceptors (Lipinski definition) is 8. The molecule has 10 nitrogen and oxygen atoms in total. The van der Waals surface area contributed by atoms with E-state index in [0.29, 0.717) is 36.6 Å². The fraction of sp³-hybridized carbons (Fsp3) is 0.143. The molecule has 0 saturated heterocycles. The van der Waals surface area contributed by atoms with Gasteiger partial charge in [-0.15, -0.1) is 0 Å². The van der Waals surface area contributed by atoms with Crippen molar-refractivity contribution in [2.45, 2.75) is 13.0 Å². The van der Waals surface area contributed by atoms with Crippen LogP contribution in [0, 0.1) is 10.1 Å². The molecular weight excluding hydrogens is 488 g/mol. The maximum Gasteiger partial charge on any atom is 0.337 e. The number of carbonyl (C=O) groups excluding carboxylic acids is 2. The lowest BCUT2D eigenvalue weighted by atomic mass is 10.1. The lowest BCUT2D eigenvalue weighted by Gasteiger charge is -2.22. The third-order valence-corrected chi connectivity index (χ3v) is 6.34. The molecule has 1 aromatic heterocycles. The number of benzene rings is 3. The van der Waals surface area contributed by atoms with E-state index in [2.05, 4.69) is 10.6 Å². The van der Waals surface area contributed by atoms with E-state index in [0.717, 1.165) is 11.3 Å². The SMILES string of the molecule is COC(=O)c1ccc(NCc2ccco2)c(NC(=O)c2cccc([N+](=O)[O-])c2N2CCc3ccccc32)c1. The van der Waals surface area contributed by atoms with Gasteiger partial charge >= 0.3 is 5.97 Å². The maximum absolute atomic E-state index is 13.7. The topological polar surface area (TPSA) is 127 Å². The van der Waals surface area contributed by atoms with Gasteiger partial charge in [0.15, 0.2) is 0 Å². The predicted octanol–water partition coefficient (Wildman–Crippen LogP) is 5.53. The van der Waals surface area contributed by atoms with Crippen molar-refractivity contribution in [3.63, 3.8) is 0 Å². The number of fused-ring (bicyclic) bond motifs is 1. The first-order valence-corrected chi connectivity index (χ1v) is 11.9. The van der Waals surface area contributed by atoms with E-state index >= 15 is 0 Å². The predicted molar refractivity (Wildman–Crippen MR) is 142 cm³/mol. The molecule has 0 aliphatic carbocycles. The van der Waals surface area contributed by atoms with Gasteiger partial charge in [-0.1, -0.05) is 24.3 Å². The Morgan fingerprint density at radius 3 is 2.66 bits per heavy atom. The molecule has 0 bridgehead atoms. The van der Waals surface area contributed by atoms with E-state index in [4.69, 9.17) is 9.15 Å². The Balaban J connectivity index is 1.53.